The first-order valence-electron chi connectivity index (χ1n) is 9.04. The van der Waals surface area contributed by atoms with Crippen LogP contribution in [0.4, 0.5) is 0 Å². The lowest BCUT2D eigenvalue weighted by Gasteiger charge is -2.59. The average Bonchev–Trinajstić information content (AvgIpc) is 2.91. The zero-order valence-corrected chi connectivity index (χ0v) is 14.3. The van der Waals surface area contributed by atoms with Crippen molar-refractivity contribution in [1.29, 1.82) is 0 Å². The van der Waals surface area contributed by atoms with Crippen molar-refractivity contribution in [2.24, 2.45) is 22.7 Å². The van der Waals surface area contributed by atoms with Crippen LogP contribution in [0.25, 0.3) is 0 Å². The van der Waals surface area contributed by atoms with Crippen LogP contribution in [0.5, 0.6) is 0 Å². The predicted octanol–water partition coefficient (Wildman–Crippen LogP) is 4.76. The normalized spacial score (nSPS) is 39.6. The molecule has 4 aliphatic carbocycles. The molecule has 0 bridgehead atoms. The van der Waals surface area contributed by atoms with E-state index in [4.69, 9.17) is 0 Å². The van der Waals surface area contributed by atoms with E-state index in [1.807, 2.05) is 24.3 Å². The molecule has 5 rings (SSSR count). The van der Waals surface area contributed by atoms with Gasteiger partial charge in [0, 0.05) is 11.1 Å². The van der Waals surface area contributed by atoms with E-state index in [1.165, 1.54) is 11.1 Å². The molecule has 2 heteroatoms. The first-order valence-corrected chi connectivity index (χ1v) is 9.04. The fourth-order valence-corrected chi connectivity index (χ4v) is 6.60. The Morgan fingerprint density at radius 1 is 0.833 bits per heavy atom. The molecule has 1 fully saturated rings. The smallest absolute Gasteiger partial charge is 0.171 e. The maximum Gasteiger partial charge on any atom is 0.171 e. The fraction of sp³-hybridized carbons (Fsp3) is 0.455. The van der Waals surface area contributed by atoms with E-state index >= 15 is 0 Å². The second-order valence-electron chi connectivity index (χ2n) is 8.32. The van der Waals surface area contributed by atoms with Crippen molar-refractivity contribution in [3.63, 3.8) is 0 Å². The molecule has 1 aromatic carbocycles. The van der Waals surface area contributed by atoms with Gasteiger partial charge in [0.05, 0.1) is 10.8 Å². The lowest BCUT2D eigenvalue weighted by Crippen LogP contribution is -2.63. The largest absolute Gasteiger partial charge is 0.293 e. The molecule has 0 saturated heterocycles. The molecule has 4 aliphatic rings. The summed E-state index contributed by atoms with van der Waals surface area (Å²) < 4.78 is 0. The molecular formula is C22H22O2. The van der Waals surface area contributed by atoms with E-state index in [2.05, 4.69) is 26.0 Å². The average molecular weight is 318 g/mol. The van der Waals surface area contributed by atoms with Crippen molar-refractivity contribution in [3.05, 3.63) is 58.7 Å². The topological polar surface area (TPSA) is 34.1 Å². The van der Waals surface area contributed by atoms with Crippen LogP contribution < -0.4 is 0 Å². The quantitative estimate of drug-likeness (QED) is 0.646. The van der Waals surface area contributed by atoms with Gasteiger partial charge in [0.15, 0.2) is 11.6 Å². The van der Waals surface area contributed by atoms with Crippen LogP contribution >= 0.6 is 0 Å². The molecule has 0 unspecified atom stereocenters. The van der Waals surface area contributed by atoms with Crippen LogP contribution in [0.15, 0.2) is 47.6 Å². The molecule has 1 saturated carbocycles. The van der Waals surface area contributed by atoms with E-state index in [9.17, 15) is 9.59 Å². The highest BCUT2D eigenvalue weighted by molar-refractivity contribution is 6.20. The zero-order chi connectivity index (χ0) is 16.7. The van der Waals surface area contributed by atoms with Crippen molar-refractivity contribution in [2.75, 3.05) is 0 Å². The van der Waals surface area contributed by atoms with E-state index in [1.54, 1.807) is 0 Å². The molecule has 1 aromatic rings. The Balaban J connectivity index is 1.90. The maximum atomic E-state index is 13.8. The lowest BCUT2D eigenvalue weighted by atomic mass is 9.41. The van der Waals surface area contributed by atoms with Gasteiger partial charge in [-0.2, -0.15) is 0 Å². The second kappa shape index (κ2) is 4.36. The van der Waals surface area contributed by atoms with E-state index < -0.39 is 10.8 Å². The number of carbonyl (C=O) groups excluding carboxylic acids is 2. The van der Waals surface area contributed by atoms with Gasteiger partial charge in [0.25, 0.3) is 0 Å². The summed E-state index contributed by atoms with van der Waals surface area (Å²) >= 11 is 0. The third-order valence-electron chi connectivity index (χ3n) is 7.11. The molecule has 2 atom stereocenters. The summed E-state index contributed by atoms with van der Waals surface area (Å²) in [5.74, 6) is 0.878. The van der Waals surface area contributed by atoms with Gasteiger partial charge in [0.1, 0.15) is 0 Å². The van der Waals surface area contributed by atoms with Gasteiger partial charge < -0.3 is 0 Å². The zero-order valence-electron chi connectivity index (χ0n) is 14.3. The monoisotopic (exact) mass is 318 g/mol. The molecule has 0 heterocycles. The SMILES string of the molecule is CC1=C[C@@H]2CC[C@H]3C=C(C)CC4(C1)C(=O)c1ccccc1C(=O)C234. The number of ketones is 2. The maximum absolute atomic E-state index is 13.8. The lowest BCUT2D eigenvalue weighted by molar-refractivity contribution is -0.00874. The number of rotatable bonds is 0. The molecular weight excluding hydrogens is 296 g/mol. The van der Waals surface area contributed by atoms with Crippen molar-refractivity contribution in [1.82, 2.24) is 0 Å². The second-order valence-corrected chi connectivity index (χ2v) is 8.32. The van der Waals surface area contributed by atoms with Gasteiger partial charge in [-0.3, -0.25) is 9.59 Å². The Kier molecular flexibility index (Phi) is 2.61. The molecule has 0 aliphatic heterocycles. The molecule has 1 spiro atoms. The van der Waals surface area contributed by atoms with Crippen molar-refractivity contribution in [2.45, 2.75) is 39.5 Å². The molecule has 122 valence electrons. The molecule has 0 amide bonds. The van der Waals surface area contributed by atoms with E-state index in [-0.39, 0.29) is 23.4 Å². The molecule has 24 heavy (non-hydrogen) atoms. The van der Waals surface area contributed by atoms with Crippen LogP contribution in [0, 0.1) is 22.7 Å². The standard InChI is InChI=1S/C22H22O2/c1-13-9-15-7-8-16-10-14(2)12-21(11-13)19(23)17-5-3-4-6-18(17)20(24)22(15,16)21/h3-6,9-10,15-16H,7-8,11-12H2,1-2H3/t15-,16-,21?,22?/m0/s1. The van der Waals surface area contributed by atoms with Crippen LogP contribution in [0.3, 0.4) is 0 Å². The predicted molar refractivity (Wildman–Crippen MR) is 92.9 cm³/mol. The Morgan fingerprint density at radius 3 is 1.88 bits per heavy atom. The number of carbonyl (C=O) groups is 2. The first kappa shape index (κ1) is 14.4. The minimum absolute atomic E-state index is 0.213. The van der Waals surface area contributed by atoms with Gasteiger partial charge in [-0.05, 0) is 51.4 Å². The Labute approximate surface area is 142 Å². The number of allylic oxidation sites excluding steroid dienone is 4. The van der Waals surface area contributed by atoms with E-state index in [0.29, 0.717) is 11.1 Å². The summed E-state index contributed by atoms with van der Waals surface area (Å²) in [6.07, 6.45) is 8.15. The number of hydrogen-bond donors (Lipinski definition) is 0. The van der Waals surface area contributed by atoms with Crippen LogP contribution in [0.1, 0.15) is 60.2 Å². The molecule has 0 aromatic heterocycles. The summed E-state index contributed by atoms with van der Waals surface area (Å²) in [7, 11) is 0. The van der Waals surface area contributed by atoms with Gasteiger partial charge in [-0.15, -0.1) is 0 Å². The fourth-order valence-electron chi connectivity index (χ4n) is 6.60. The number of benzene rings is 1. The van der Waals surface area contributed by atoms with Crippen molar-refractivity contribution in [3.8, 4) is 0 Å². The number of Topliss-reactive ketones (excluding diaryl/α,β-unsaturated/α-hetero) is 2. The minimum Gasteiger partial charge on any atom is -0.293 e. The summed E-state index contributed by atoms with van der Waals surface area (Å²) in [5.41, 5.74) is 2.80. The summed E-state index contributed by atoms with van der Waals surface area (Å²) in [4.78, 5) is 27.6. The molecule has 2 nitrogen and oxygen atoms in total. The van der Waals surface area contributed by atoms with Crippen LogP contribution in [-0.4, -0.2) is 11.6 Å². The van der Waals surface area contributed by atoms with Crippen LogP contribution in [-0.2, 0) is 0 Å². The molecule has 0 N–H and O–H groups in total. The van der Waals surface area contributed by atoms with Gasteiger partial charge in [0.2, 0.25) is 0 Å². The highest BCUT2D eigenvalue weighted by atomic mass is 16.1. The van der Waals surface area contributed by atoms with Gasteiger partial charge in [-0.1, -0.05) is 47.6 Å². The number of hydrogen-bond acceptors (Lipinski definition) is 2. The third kappa shape index (κ3) is 1.36. The Bertz CT molecular complexity index is 824. The van der Waals surface area contributed by atoms with E-state index in [0.717, 1.165) is 25.7 Å². The first-order chi connectivity index (χ1) is 11.5. The Hall–Kier alpha value is -1.96. The van der Waals surface area contributed by atoms with Gasteiger partial charge >= 0.3 is 0 Å². The summed E-state index contributed by atoms with van der Waals surface area (Å²) in [5, 5.41) is 0. The number of fused-ring (bicyclic) bond motifs is 1. The van der Waals surface area contributed by atoms with Gasteiger partial charge in [-0.25, -0.2) is 0 Å². The summed E-state index contributed by atoms with van der Waals surface area (Å²) in [6, 6.07) is 7.50. The summed E-state index contributed by atoms with van der Waals surface area (Å²) in [6.45, 7) is 4.27. The molecule has 0 radical (unpaired) electrons. The highest BCUT2D eigenvalue weighted by Gasteiger charge is 2.72. The minimum atomic E-state index is -0.554. The van der Waals surface area contributed by atoms with Crippen molar-refractivity contribution < 1.29 is 9.59 Å². The third-order valence-corrected chi connectivity index (χ3v) is 7.11. The Morgan fingerprint density at radius 2 is 1.33 bits per heavy atom. The highest BCUT2D eigenvalue weighted by Crippen LogP contribution is 2.71. The van der Waals surface area contributed by atoms with Crippen LogP contribution in [0.2, 0.25) is 0 Å². The van der Waals surface area contributed by atoms with Crippen molar-refractivity contribution >= 4 is 11.6 Å².